The maximum absolute atomic E-state index is 11.2. The summed E-state index contributed by atoms with van der Waals surface area (Å²) >= 11 is 0. The number of phenolic OH excluding ortho intramolecular Hbond substituents is 1. The Kier molecular flexibility index (Phi) is 8.50. The lowest BCUT2D eigenvalue weighted by atomic mass is 9.81. The van der Waals surface area contributed by atoms with Gasteiger partial charge in [-0.15, -0.1) is 0 Å². The van der Waals surface area contributed by atoms with Crippen molar-refractivity contribution in [1.29, 1.82) is 0 Å². The highest BCUT2D eigenvalue weighted by molar-refractivity contribution is 5.97. The second-order valence-electron chi connectivity index (χ2n) is 8.58. The average molecular weight is 411 g/mol. The van der Waals surface area contributed by atoms with Crippen LogP contribution in [0.3, 0.4) is 0 Å². The summed E-state index contributed by atoms with van der Waals surface area (Å²) in [5.74, 6) is 0.552. The van der Waals surface area contributed by atoms with Crippen LogP contribution in [0.1, 0.15) is 73.4 Å². The molecule has 2 aromatic carbocycles. The summed E-state index contributed by atoms with van der Waals surface area (Å²) in [5, 5.41) is 11.2. The molecule has 0 saturated carbocycles. The number of hydrogen-bond acceptors (Lipinski definition) is 3. The minimum absolute atomic E-state index is 0.129. The minimum Gasteiger partial charge on any atom is -0.507 e. The van der Waals surface area contributed by atoms with E-state index in [9.17, 15) is 5.11 Å². The quantitative estimate of drug-likeness (QED) is 0.550. The molecular formula is C25H36NO2Si. The van der Waals surface area contributed by atoms with Gasteiger partial charge in [0.2, 0.25) is 10.5 Å². The Hall–Kier alpha value is -1.62. The van der Waals surface area contributed by atoms with Crippen LogP contribution in [0.15, 0.2) is 30.3 Å². The van der Waals surface area contributed by atoms with E-state index in [0.717, 1.165) is 40.8 Å². The molecule has 0 aliphatic carbocycles. The molecule has 1 N–H and O–H groups in total. The molecule has 2 aromatic rings. The van der Waals surface area contributed by atoms with Crippen molar-refractivity contribution in [2.24, 2.45) is 0 Å². The van der Waals surface area contributed by atoms with Crippen molar-refractivity contribution in [2.75, 3.05) is 6.54 Å². The van der Waals surface area contributed by atoms with Crippen LogP contribution in [-0.4, -0.2) is 39.1 Å². The van der Waals surface area contributed by atoms with Crippen molar-refractivity contribution >= 4 is 10.5 Å². The smallest absolute Gasteiger partial charge is 0.246 e. The highest BCUT2D eigenvalue weighted by atomic mass is 28.2. The van der Waals surface area contributed by atoms with Gasteiger partial charge in [0.15, 0.2) is 0 Å². The monoisotopic (exact) mass is 410 g/mol. The van der Waals surface area contributed by atoms with Crippen molar-refractivity contribution in [1.82, 2.24) is 4.90 Å². The maximum Gasteiger partial charge on any atom is 0.246 e. The van der Waals surface area contributed by atoms with Gasteiger partial charge in [-0.1, -0.05) is 30.3 Å². The van der Waals surface area contributed by atoms with E-state index in [-0.39, 0.29) is 5.92 Å². The highest BCUT2D eigenvalue weighted by Crippen LogP contribution is 2.41. The third-order valence-electron chi connectivity index (χ3n) is 6.25. The summed E-state index contributed by atoms with van der Waals surface area (Å²) < 4.78 is 5.30. The average Bonchev–Trinajstić information content (AvgIpc) is 2.68. The lowest BCUT2D eigenvalue weighted by Crippen LogP contribution is -2.38. The van der Waals surface area contributed by atoms with Crippen LogP contribution in [0.25, 0.3) is 0 Å². The predicted molar refractivity (Wildman–Crippen MR) is 123 cm³/mol. The molecule has 0 aliphatic heterocycles. The van der Waals surface area contributed by atoms with E-state index in [1.165, 1.54) is 5.56 Å². The van der Waals surface area contributed by atoms with Crippen LogP contribution < -0.4 is 0 Å². The molecule has 29 heavy (non-hydrogen) atoms. The largest absolute Gasteiger partial charge is 0.507 e. The Morgan fingerprint density at radius 2 is 1.52 bits per heavy atom. The number of aromatic hydroxyl groups is 1. The first kappa shape index (κ1) is 23.7. The molecule has 0 spiro atoms. The number of nitrogens with zero attached hydrogens (tertiary/aromatic N) is 1. The molecule has 1 atom stereocenters. The van der Waals surface area contributed by atoms with Crippen LogP contribution in [0.4, 0.5) is 0 Å². The Morgan fingerprint density at radius 3 is 2.03 bits per heavy atom. The molecule has 3 nitrogen and oxygen atoms in total. The SMILES string of the molecule is Cc1c(C)c(CO[Si])c(C)c(C(CCN(C(C)C)C(C)C)c2ccccc2)c1O. The molecule has 157 valence electrons. The second kappa shape index (κ2) is 10.4. The summed E-state index contributed by atoms with van der Waals surface area (Å²) in [6.07, 6.45) is 0.950. The zero-order chi connectivity index (χ0) is 21.7. The van der Waals surface area contributed by atoms with Gasteiger partial charge in [0.05, 0.1) is 6.61 Å². The molecule has 2 rings (SSSR count). The molecule has 0 saturated heterocycles. The van der Waals surface area contributed by atoms with Gasteiger partial charge in [-0.25, -0.2) is 0 Å². The lowest BCUT2D eigenvalue weighted by Gasteiger charge is -2.33. The molecule has 4 heteroatoms. The van der Waals surface area contributed by atoms with E-state index in [2.05, 4.69) is 81.2 Å². The van der Waals surface area contributed by atoms with E-state index in [4.69, 9.17) is 4.43 Å². The molecule has 3 radical (unpaired) electrons. The lowest BCUT2D eigenvalue weighted by molar-refractivity contribution is 0.170. The van der Waals surface area contributed by atoms with Gasteiger partial charge in [0.25, 0.3) is 0 Å². The summed E-state index contributed by atoms with van der Waals surface area (Å²) in [5.41, 5.74) is 6.58. The van der Waals surface area contributed by atoms with E-state index in [0.29, 0.717) is 24.4 Å². The normalized spacial score (nSPS) is 12.9. The van der Waals surface area contributed by atoms with Crippen molar-refractivity contribution in [2.45, 2.75) is 79.5 Å². The fraction of sp³-hybridized carbons (Fsp3) is 0.520. The van der Waals surface area contributed by atoms with Crippen LogP contribution >= 0.6 is 0 Å². The molecule has 0 fully saturated rings. The molecule has 0 heterocycles. The number of benzene rings is 2. The molecule has 0 amide bonds. The topological polar surface area (TPSA) is 32.7 Å². The fourth-order valence-electron chi connectivity index (χ4n) is 4.50. The van der Waals surface area contributed by atoms with Gasteiger partial charge < -0.3 is 9.53 Å². The van der Waals surface area contributed by atoms with E-state index in [1.54, 1.807) is 0 Å². The Bertz CT molecular complexity index is 794. The van der Waals surface area contributed by atoms with Gasteiger partial charge in [-0.3, -0.25) is 4.90 Å². The zero-order valence-electron chi connectivity index (χ0n) is 19.0. The van der Waals surface area contributed by atoms with E-state index in [1.807, 2.05) is 13.0 Å². The van der Waals surface area contributed by atoms with E-state index < -0.39 is 0 Å². The molecule has 0 aromatic heterocycles. The Morgan fingerprint density at radius 1 is 0.931 bits per heavy atom. The third-order valence-corrected chi connectivity index (χ3v) is 6.40. The standard InChI is InChI=1S/C25H36NO2Si/c1-16(2)26(17(3)4)14-13-22(21-11-9-8-10-12-21)24-20(7)23(15-28-29)18(5)19(6)25(24)27/h8-12,16-17,22,27H,13-15H2,1-7H3. The molecule has 1 unspecified atom stereocenters. The fourth-order valence-corrected chi connectivity index (χ4v) is 4.64. The number of hydrogen-bond donors (Lipinski definition) is 1. The van der Waals surface area contributed by atoms with Crippen molar-refractivity contribution in [3.63, 3.8) is 0 Å². The highest BCUT2D eigenvalue weighted by Gasteiger charge is 2.26. The first-order valence-corrected chi connectivity index (χ1v) is 11.0. The van der Waals surface area contributed by atoms with Gasteiger partial charge in [-0.05, 0) is 89.2 Å². The Labute approximate surface area is 180 Å². The summed E-state index contributed by atoms with van der Waals surface area (Å²) in [6, 6.07) is 11.5. The van der Waals surface area contributed by atoms with Gasteiger partial charge >= 0.3 is 0 Å². The van der Waals surface area contributed by atoms with Gasteiger partial charge in [-0.2, -0.15) is 0 Å². The minimum atomic E-state index is 0.129. The van der Waals surface area contributed by atoms with Crippen LogP contribution in [-0.2, 0) is 11.0 Å². The summed E-state index contributed by atoms with van der Waals surface area (Å²) in [6.45, 7) is 16.6. The first-order chi connectivity index (χ1) is 13.7. The van der Waals surface area contributed by atoms with Crippen molar-refractivity contribution < 1.29 is 9.53 Å². The molecule has 0 aliphatic rings. The maximum atomic E-state index is 11.2. The Balaban J connectivity index is 2.58. The van der Waals surface area contributed by atoms with Gasteiger partial charge in [0.1, 0.15) is 5.75 Å². The van der Waals surface area contributed by atoms with Crippen LogP contribution in [0.2, 0.25) is 0 Å². The third kappa shape index (κ3) is 5.30. The van der Waals surface area contributed by atoms with Gasteiger partial charge in [0, 0.05) is 23.6 Å². The molecule has 0 bridgehead atoms. The number of rotatable bonds is 9. The summed E-state index contributed by atoms with van der Waals surface area (Å²) in [4.78, 5) is 2.52. The zero-order valence-corrected chi connectivity index (χ0v) is 20.0. The molecular weight excluding hydrogens is 374 g/mol. The van der Waals surface area contributed by atoms with Crippen LogP contribution in [0, 0.1) is 20.8 Å². The first-order valence-electron chi connectivity index (χ1n) is 10.6. The van der Waals surface area contributed by atoms with Crippen LogP contribution in [0.5, 0.6) is 5.75 Å². The van der Waals surface area contributed by atoms with Crippen molar-refractivity contribution in [3.8, 4) is 5.75 Å². The van der Waals surface area contributed by atoms with E-state index >= 15 is 0 Å². The predicted octanol–water partition coefficient (Wildman–Crippen LogP) is 5.56. The summed E-state index contributed by atoms with van der Waals surface area (Å²) in [7, 11) is 3.17. The second-order valence-corrected chi connectivity index (χ2v) is 8.87. The van der Waals surface area contributed by atoms with Crippen molar-refractivity contribution in [3.05, 3.63) is 63.7 Å². The number of phenols is 1.